The molecule has 0 radical (unpaired) electrons. The van der Waals surface area contributed by atoms with Crippen LogP contribution in [-0.4, -0.2) is 29.7 Å². The highest BCUT2D eigenvalue weighted by Gasteiger charge is 2.22. The highest BCUT2D eigenvalue weighted by Crippen LogP contribution is 2.35. The van der Waals surface area contributed by atoms with Gasteiger partial charge in [0.25, 0.3) is 11.5 Å². The Bertz CT molecular complexity index is 863. The van der Waals surface area contributed by atoms with Gasteiger partial charge in [-0.15, -0.1) is 0 Å². The Kier molecular flexibility index (Phi) is 5.95. The number of pyridine rings is 1. The number of hydrogen-bond donors (Lipinski definition) is 1. The quantitative estimate of drug-likeness (QED) is 0.858. The van der Waals surface area contributed by atoms with E-state index in [1.54, 1.807) is 23.8 Å². The molecular formula is C20H28N2O4. The van der Waals surface area contributed by atoms with Crippen LogP contribution in [0, 0.1) is 0 Å². The van der Waals surface area contributed by atoms with Gasteiger partial charge in [0.05, 0.1) is 19.2 Å². The van der Waals surface area contributed by atoms with Crippen molar-refractivity contribution in [3.63, 3.8) is 0 Å². The van der Waals surface area contributed by atoms with E-state index in [1.807, 2.05) is 40.7 Å². The van der Waals surface area contributed by atoms with Gasteiger partial charge in [-0.2, -0.15) is 0 Å². The van der Waals surface area contributed by atoms with Gasteiger partial charge in [0, 0.05) is 17.5 Å². The van der Waals surface area contributed by atoms with Crippen LogP contribution >= 0.6 is 0 Å². The van der Waals surface area contributed by atoms with Gasteiger partial charge in [0.2, 0.25) is 0 Å². The second-order valence-corrected chi connectivity index (χ2v) is 7.19. The second kappa shape index (κ2) is 7.81. The Morgan fingerprint density at radius 3 is 2.46 bits per heavy atom. The molecule has 1 heterocycles. The molecule has 1 N–H and O–H groups in total. The molecule has 6 heteroatoms. The third-order valence-corrected chi connectivity index (χ3v) is 3.89. The van der Waals surface area contributed by atoms with E-state index in [1.165, 1.54) is 0 Å². The van der Waals surface area contributed by atoms with Gasteiger partial charge in [0.15, 0.2) is 11.5 Å². The van der Waals surface area contributed by atoms with Crippen molar-refractivity contribution >= 4 is 16.8 Å². The Labute approximate surface area is 154 Å². The normalized spacial score (nSPS) is 11.5. The number of carbonyl (C=O) groups excluding carboxylic acids is 1. The van der Waals surface area contributed by atoms with Crippen molar-refractivity contribution < 1.29 is 14.3 Å². The lowest BCUT2D eigenvalue weighted by Crippen LogP contribution is -2.43. The molecule has 0 saturated heterocycles. The van der Waals surface area contributed by atoms with E-state index in [0.29, 0.717) is 30.2 Å². The molecule has 1 aromatic heterocycles. The van der Waals surface area contributed by atoms with Crippen LogP contribution in [0.15, 0.2) is 23.0 Å². The topological polar surface area (TPSA) is 69.6 Å². The molecule has 0 bridgehead atoms. The molecule has 0 unspecified atom stereocenters. The van der Waals surface area contributed by atoms with Crippen molar-refractivity contribution in [1.82, 2.24) is 9.88 Å². The van der Waals surface area contributed by atoms with Gasteiger partial charge >= 0.3 is 0 Å². The molecule has 2 aromatic rings. The van der Waals surface area contributed by atoms with Gasteiger partial charge in [-0.3, -0.25) is 9.59 Å². The maximum absolute atomic E-state index is 13.0. The number of nitrogens with one attached hydrogen (secondary N) is 1. The number of ether oxygens (including phenoxy) is 2. The molecule has 26 heavy (non-hydrogen) atoms. The van der Waals surface area contributed by atoms with Crippen LogP contribution in [0.5, 0.6) is 11.5 Å². The summed E-state index contributed by atoms with van der Waals surface area (Å²) in [5.41, 5.74) is 0.0139. The number of carbonyl (C=O) groups is 1. The molecule has 0 aliphatic heterocycles. The molecule has 2 rings (SSSR count). The summed E-state index contributed by atoms with van der Waals surface area (Å²) in [5, 5.41) is 3.62. The minimum absolute atomic E-state index is 0.126. The number of fused-ring (bicyclic) bond motifs is 1. The smallest absolute Gasteiger partial charge is 0.263 e. The first-order valence-corrected chi connectivity index (χ1v) is 8.93. The van der Waals surface area contributed by atoms with Crippen molar-refractivity contribution in [3.05, 3.63) is 34.1 Å². The molecule has 0 fully saturated rings. The van der Waals surface area contributed by atoms with E-state index in [-0.39, 0.29) is 17.0 Å². The zero-order valence-corrected chi connectivity index (χ0v) is 16.4. The molecule has 0 atom stereocenters. The number of nitrogens with zero attached hydrogens (tertiary/aromatic N) is 1. The van der Waals surface area contributed by atoms with Gasteiger partial charge in [0.1, 0.15) is 5.56 Å². The van der Waals surface area contributed by atoms with Crippen LogP contribution in [0.4, 0.5) is 0 Å². The fraction of sp³-hybridized carbons (Fsp3) is 0.500. The summed E-state index contributed by atoms with van der Waals surface area (Å²) in [7, 11) is 1.57. The van der Waals surface area contributed by atoms with E-state index in [4.69, 9.17) is 9.47 Å². The maximum atomic E-state index is 13.0. The van der Waals surface area contributed by atoms with Crippen LogP contribution < -0.4 is 20.3 Å². The molecule has 1 aromatic carbocycles. The lowest BCUT2D eigenvalue weighted by Gasteiger charge is -2.21. The molecule has 0 spiro atoms. The average molecular weight is 360 g/mol. The summed E-state index contributed by atoms with van der Waals surface area (Å²) in [6, 6.07) is 5.26. The first-order valence-electron chi connectivity index (χ1n) is 8.93. The summed E-state index contributed by atoms with van der Waals surface area (Å²) >= 11 is 0. The third kappa shape index (κ3) is 4.00. The monoisotopic (exact) mass is 360 g/mol. The summed E-state index contributed by atoms with van der Waals surface area (Å²) in [6.45, 7) is 10.5. The van der Waals surface area contributed by atoms with Crippen LogP contribution in [0.25, 0.3) is 10.9 Å². The van der Waals surface area contributed by atoms with Crippen LogP contribution in [0.1, 0.15) is 51.4 Å². The molecule has 1 amide bonds. The van der Waals surface area contributed by atoms with Crippen molar-refractivity contribution in [2.75, 3.05) is 13.7 Å². The zero-order valence-electron chi connectivity index (χ0n) is 16.4. The Hall–Kier alpha value is -2.50. The zero-order chi connectivity index (χ0) is 19.5. The lowest BCUT2D eigenvalue weighted by atomic mass is 10.1. The number of amides is 1. The minimum atomic E-state index is -0.426. The number of rotatable bonds is 6. The van der Waals surface area contributed by atoms with Crippen LogP contribution in [0.2, 0.25) is 0 Å². The SMILES string of the molecule is CCCOc1c(OC)ccc2cc(C(=O)NC(C)(C)C)c(=O)n(CC)c12. The summed E-state index contributed by atoms with van der Waals surface area (Å²) in [4.78, 5) is 25.6. The first kappa shape index (κ1) is 19.8. The number of methoxy groups -OCH3 is 1. The summed E-state index contributed by atoms with van der Waals surface area (Å²) < 4.78 is 12.9. The van der Waals surface area contributed by atoms with Gasteiger partial charge < -0.3 is 19.4 Å². The molecule has 142 valence electrons. The Balaban J connectivity index is 2.74. The summed E-state index contributed by atoms with van der Waals surface area (Å²) in [6.07, 6.45) is 0.835. The average Bonchev–Trinajstić information content (AvgIpc) is 2.57. The van der Waals surface area contributed by atoms with Gasteiger partial charge in [-0.1, -0.05) is 6.92 Å². The second-order valence-electron chi connectivity index (χ2n) is 7.19. The van der Waals surface area contributed by atoms with Crippen molar-refractivity contribution in [2.24, 2.45) is 0 Å². The molecule has 0 saturated carbocycles. The lowest BCUT2D eigenvalue weighted by molar-refractivity contribution is 0.0917. The van der Waals surface area contributed by atoms with E-state index in [0.717, 1.165) is 11.8 Å². The predicted octanol–water partition coefficient (Wildman–Crippen LogP) is 3.35. The van der Waals surface area contributed by atoms with Crippen LogP contribution in [0.3, 0.4) is 0 Å². The summed E-state index contributed by atoms with van der Waals surface area (Å²) in [5.74, 6) is 0.728. The predicted molar refractivity (Wildman–Crippen MR) is 103 cm³/mol. The van der Waals surface area contributed by atoms with E-state index >= 15 is 0 Å². The van der Waals surface area contributed by atoms with Crippen molar-refractivity contribution in [1.29, 1.82) is 0 Å². The molecule has 0 aliphatic rings. The van der Waals surface area contributed by atoms with E-state index < -0.39 is 5.54 Å². The highest BCUT2D eigenvalue weighted by molar-refractivity contribution is 5.99. The van der Waals surface area contributed by atoms with E-state index in [9.17, 15) is 9.59 Å². The number of hydrogen-bond acceptors (Lipinski definition) is 4. The maximum Gasteiger partial charge on any atom is 0.263 e. The first-order chi connectivity index (χ1) is 12.2. The minimum Gasteiger partial charge on any atom is -0.493 e. The number of aromatic nitrogens is 1. The molecule has 6 nitrogen and oxygen atoms in total. The number of aryl methyl sites for hydroxylation is 1. The van der Waals surface area contributed by atoms with Gasteiger partial charge in [-0.25, -0.2) is 0 Å². The largest absolute Gasteiger partial charge is 0.493 e. The fourth-order valence-electron chi connectivity index (χ4n) is 2.80. The fourth-order valence-corrected chi connectivity index (χ4v) is 2.80. The highest BCUT2D eigenvalue weighted by atomic mass is 16.5. The third-order valence-electron chi connectivity index (χ3n) is 3.89. The Morgan fingerprint density at radius 2 is 1.92 bits per heavy atom. The van der Waals surface area contributed by atoms with Crippen molar-refractivity contribution in [3.8, 4) is 11.5 Å². The van der Waals surface area contributed by atoms with Gasteiger partial charge in [-0.05, 0) is 52.3 Å². The molecule has 0 aliphatic carbocycles. The number of benzene rings is 1. The van der Waals surface area contributed by atoms with E-state index in [2.05, 4.69) is 5.32 Å². The standard InChI is InChI=1S/C20H28N2O4/c1-7-11-26-17-15(25-6)10-9-13-12-14(18(23)21-20(3,4)5)19(24)22(8-2)16(13)17/h9-10,12H,7-8,11H2,1-6H3,(H,21,23). The van der Waals surface area contributed by atoms with Crippen LogP contribution in [-0.2, 0) is 6.54 Å². The van der Waals surface area contributed by atoms with Crippen molar-refractivity contribution in [2.45, 2.75) is 53.1 Å². The molecular weight excluding hydrogens is 332 g/mol. The Morgan fingerprint density at radius 1 is 1.23 bits per heavy atom.